The molecular weight excluding hydrogens is 330 g/mol. The highest BCUT2D eigenvalue weighted by atomic mass is 32.2. The first-order valence-electron chi connectivity index (χ1n) is 7.36. The fourth-order valence-electron chi connectivity index (χ4n) is 2.65. The summed E-state index contributed by atoms with van der Waals surface area (Å²) in [5, 5.41) is 10.9. The lowest BCUT2D eigenvalue weighted by atomic mass is 10.2. The van der Waals surface area contributed by atoms with Crippen LogP contribution in [0.1, 0.15) is 6.92 Å². The smallest absolute Gasteiger partial charge is 0.285 e. The Balaban J connectivity index is 1.92. The van der Waals surface area contributed by atoms with Gasteiger partial charge in [0.25, 0.3) is 11.2 Å². The Morgan fingerprint density at radius 3 is 2.83 bits per heavy atom. The number of anilines is 1. The average Bonchev–Trinajstić information content (AvgIpc) is 2.56. The number of hydrogen-bond acceptors (Lipinski definition) is 5. The zero-order chi connectivity index (χ0) is 17.3. The molecule has 0 aliphatic carbocycles. The molecular formula is C16H15N3O4S. The van der Waals surface area contributed by atoms with Crippen LogP contribution in [0.15, 0.2) is 52.3 Å². The molecule has 1 aliphatic rings. The second-order valence-corrected chi connectivity index (χ2v) is 6.56. The first kappa shape index (κ1) is 16.3. The molecule has 124 valence electrons. The van der Waals surface area contributed by atoms with Crippen molar-refractivity contribution in [2.24, 2.45) is 0 Å². The number of hydrogen-bond donors (Lipinski definition) is 0. The summed E-state index contributed by atoms with van der Waals surface area (Å²) in [6.45, 7) is 1.71. The number of fused-ring (bicyclic) bond motifs is 1. The standard InChI is InChI=1S/C16H15N3O4S/c1-11-10-24-14-5-3-2-4-13(14)18(11)16(21)9-17-8-12(19(22)23)6-7-15(17)20/h2-8,11H,9-10H2,1H3. The number of nitro groups is 1. The summed E-state index contributed by atoms with van der Waals surface area (Å²) >= 11 is 1.68. The van der Waals surface area contributed by atoms with Crippen molar-refractivity contribution in [1.82, 2.24) is 4.57 Å². The van der Waals surface area contributed by atoms with E-state index in [2.05, 4.69) is 0 Å². The molecule has 1 aliphatic heterocycles. The van der Waals surface area contributed by atoms with Crippen LogP contribution in [0, 0.1) is 10.1 Å². The molecule has 2 heterocycles. The zero-order valence-electron chi connectivity index (χ0n) is 12.9. The van der Waals surface area contributed by atoms with Crippen molar-refractivity contribution in [1.29, 1.82) is 0 Å². The lowest BCUT2D eigenvalue weighted by molar-refractivity contribution is -0.385. The molecule has 3 rings (SSSR count). The maximum atomic E-state index is 12.8. The fourth-order valence-corrected chi connectivity index (χ4v) is 3.71. The van der Waals surface area contributed by atoms with Crippen LogP contribution in [0.5, 0.6) is 0 Å². The quantitative estimate of drug-likeness (QED) is 0.629. The van der Waals surface area contributed by atoms with Gasteiger partial charge >= 0.3 is 0 Å². The molecule has 1 aromatic heterocycles. The van der Waals surface area contributed by atoms with E-state index in [4.69, 9.17) is 0 Å². The third kappa shape index (κ3) is 3.05. The predicted molar refractivity (Wildman–Crippen MR) is 91.5 cm³/mol. The van der Waals surface area contributed by atoms with Gasteiger partial charge in [0.1, 0.15) is 6.54 Å². The van der Waals surface area contributed by atoms with E-state index in [9.17, 15) is 19.7 Å². The Morgan fingerprint density at radius 1 is 1.33 bits per heavy atom. The van der Waals surface area contributed by atoms with Gasteiger partial charge < -0.3 is 4.90 Å². The third-order valence-corrected chi connectivity index (χ3v) is 5.10. The van der Waals surface area contributed by atoms with Crippen molar-refractivity contribution in [3.05, 3.63) is 63.1 Å². The van der Waals surface area contributed by atoms with Crippen LogP contribution in [0.3, 0.4) is 0 Å². The normalized spacial score (nSPS) is 16.5. The predicted octanol–water partition coefficient (Wildman–Crippen LogP) is 2.28. The number of carbonyl (C=O) groups excluding carboxylic acids is 1. The molecule has 0 spiro atoms. The minimum atomic E-state index is -0.587. The molecule has 0 saturated carbocycles. The van der Waals surface area contributed by atoms with Gasteiger partial charge in [-0.25, -0.2) is 0 Å². The first-order valence-corrected chi connectivity index (χ1v) is 8.34. The highest BCUT2D eigenvalue weighted by Gasteiger charge is 2.28. The number of benzene rings is 1. The second-order valence-electron chi connectivity index (χ2n) is 5.50. The van der Waals surface area contributed by atoms with Crippen molar-refractivity contribution in [3.8, 4) is 0 Å². The number of aromatic nitrogens is 1. The van der Waals surface area contributed by atoms with Crippen LogP contribution in [-0.4, -0.2) is 27.2 Å². The van der Waals surface area contributed by atoms with Gasteiger partial charge in [0.05, 0.1) is 16.8 Å². The number of para-hydroxylation sites is 1. The Labute approximate surface area is 142 Å². The van der Waals surface area contributed by atoms with Gasteiger partial charge in [0.2, 0.25) is 5.91 Å². The van der Waals surface area contributed by atoms with E-state index < -0.39 is 10.5 Å². The van der Waals surface area contributed by atoms with Crippen molar-refractivity contribution < 1.29 is 9.72 Å². The van der Waals surface area contributed by atoms with E-state index >= 15 is 0 Å². The second kappa shape index (κ2) is 6.48. The number of amides is 1. The molecule has 0 fully saturated rings. The summed E-state index contributed by atoms with van der Waals surface area (Å²) < 4.78 is 1.08. The topological polar surface area (TPSA) is 85.4 Å². The van der Waals surface area contributed by atoms with E-state index in [0.717, 1.165) is 39.2 Å². The van der Waals surface area contributed by atoms with E-state index in [1.54, 1.807) is 16.7 Å². The third-order valence-electron chi connectivity index (χ3n) is 3.80. The minimum absolute atomic E-state index is 0.0215. The molecule has 1 aromatic carbocycles. The molecule has 0 bridgehead atoms. The Hall–Kier alpha value is -2.61. The van der Waals surface area contributed by atoms with Crippen molar-refractivity contribution in [3.63, 3.8) is 0 Å². The highest BCUT2D eigenvalue weighted by Crippen LogP contribution is 2.37. The van der Waals surface area contributed by atoms with Crippen LogP contribution in [-0.2, 0) is 11.3 Å². The van der Waals surface area contributed by atoms with Crippen LogP contribution < -0.4 is 10.5 Å². The largest absolute Gasteiger partial charge is 0.306 e. The monoisotopic (exact) mass is 345 g/mol. The maximum Gasteiger partial charge on any atom is 0.285 e. The number of thioether (sulfide) groups is 1. The highest BCUT2D eigenvalue weighted by molar-refractivity contribution is 7.99. The zero-order valence-corrected chi connectivity index (χ0v) is 13.7. The van der Waals surface area contributed by atoms with Crippen molar-refractivity contribution in [2.75, 3.05) is 10.7 Å². The Bertz CT molecular complexity index is 864. The van der Waals surface area contributed by atoms with Crippen molar-refractivity contribution in [2.45, 2.75) is 24.4 Å². The molecule has 1 unspecified atom stereocenters. The molecule has 1 amide bonds. The summed E-state index contributed by atoms with van der Waals surface area (Å²) in [5.41, 5.74) is 0.149. The van der Waals surface area contributed by atoms with E-state index in [-0.39, 0.29) is 24.2 Å². The number of nitrogens with zero attached hydrogens (tertiary/aromatic N) is 3. The van der Waals surface area contributed by atoms with Crippen molar-refractivity contribution >= 4 is 29.0 Å². The molecule has 0 radical (unpaired) electrons. The van der Waals surface area contributed by atoms with E-state index in [0.29, 0.717) is 0 Å². The summed E-state index contributed by atoms with van der Waals surface area (Å²) in [6, 6.07) is 9.81. The maximum absolute atomic E-state index is 12.8. The molecule has 8 heteroatoms. The van der Waals surface area contributed by atoms with Crippen LogP contribution in [0.25, 0.3) is 0 Å². The van der Waals surface area contributed by atoms with E-state index in [1.807, 2.05) is 31.2 Å². The van der Waals surface area contributed by atoms with Gasteiger partial charge in [-0.1, -0.05) is 12.1 Å². The molecule has 0 saturated heterocycles. The number of rotatable bonds is 3. The summed E-state index contributed by atoms with van der Waals surface area (Å²) in [4.78, 5) is 37.6. The van der Waals surface area contributed by atoms with Gasteiger partial charge in [-0.05, 0) is 19.1 Å². The van der Waals surface area contributed by atoms with Gasteiger partial charge in [0, 0.05) is 28.8 Å². The minimum Gasteiger partial charge on any atom is -0.306 e. The summed E-state index contributed by atoms with van der Waals surface area (Å²) in [6.07, 6.45) is 1.11. The first-order chi connectivity index (χ1) is 11.5. The van der Waals surface area contributed by atoms with Crippen LogP contribution in [0.4, 0.5) is 11.4 Å². The molecule has 2 aromatic rings. The Morgan fingerprint density at radius 2 is 2.08 bits per heavy atom. The Kier molecular flexibility index (Phi) is 4.39. The number of pyridine rings is 1. The SMILES string of the molecule is CC1CSc2ccccc2N1C(=O)Cn1cc([N+](=O)[O-])ccc1=O. The van der Waals surface area contributed by atoms with E-state index in [1.165, 1.54) is 0 Å². The lowest BCUT2D eigenvalue weighted by Crippen LogP contribution is -2.45. The number of carbonyl (C=O) groups is 1. The molecule has 1 atom stereocenters. The molecule has 0 N–H and O–H groups in total. The van der Waals surface area contributed by atoms with Gasteiger partial charge in [-0.2, -0.15) is 0 Å². The van der Waals surface area contributed by atoms with Gasteiger partial charge in [0.15, 0.2) is 0 Å². The average molecular weight is 345 g/mol. The van der Waals surface area contributed by atoms with Crippen LogP contribution >= 0.6 is 11.8 Å². The van der Waals surface area contributed by atoms with Crippen LogP contribution in [0.2, 0.25) is 0 Å². The van der Waals surface area contributed by atoms with Gasteiger partial charge in [-0.15, -0.1) is 11.8 Å². The fraction of sp³-hybridized carbons (Fsp3) is 0.250. The van der Waals surface area contributed by atoms with Gasteiger partial charge in [-0.3, -0.25) is 24.3 Å². The summed E-state index contributed by atoms with van der Waals surface area (Å²) in [5.74, 6) is 0.491. The summed E-state index contributed by atoms with van der Waals surface area (Å²) in [7, 11) is 0. The lowest BCUT2D eigenvalue weighted by Gasteiger charge is -2.34. The molecule has 7 nitrogen and oxygen atoms in total. The molecule has 24 heavy (non-hydrogen) atoms.